The molecular weight excluding hydrogens is 486 g/mol. The zero-order valence-electron chi connectivity index (χ0n) is 19.9. The summed E-state index contributed by atoms with van der Waals surface area (Å²) in [6.07, 6.45) is -0.203. The zero-order valence-corrected chi connectivity index (χ0v) is 20.8. The van der Waals surface area contributed by atoms with Crippen LogP contribution in [0.15, 0.2) is 54.6 Å². The summed E-state index contributed by atoms with van der Waals surface area (Å²) in [7, 11) is 1.49. The van der Waals surface area contributed by atoms with Gasteiger partial charge in [-0.25, -0.2) is 0 Å². The van der Waals surface area contributed by atoms with Gasteiger partial charge in [0, 0.05) is 25.8 Å². The number of para-hydroxylation sites is 1. The van der Waals surface area contributed by atoms with Crippen molar-refractivity contribution in [3.8, 4) is 11.5 Å². The number of carbonyl (C=O) groups is 3. The van der Waals surface area contributed by atoms with E-state index in [-0.39, 0.29) is 30.7 Å². The molecule has 0 saturated carbocycles. The van der Waals surface area contributed by atoms with Crippen LogP contribution in [0.5, 0.6) is 11.5 Å². The van der Waals surface area contributed by atoms with Crippen LogP contribution in [0.2, 0.25) is 0 Å². The number of ether oxygens (including phenoxy) is 4. The van der Waals surface area contributed by atoms with Gasteiger partial charge in [-0.15, -0.1) is 0 Å². The molecule has 2 aromatic carbocycles. The van der Waals surface area contributed by atoms with E-state index in [0.29, 0.717) is 37.6 Å². The molecule has 2 aromatic rings. The van der Waals surface area contributed by atoms with Crippen molar-refractivity contribution in [1.29, 1.82) is 0 Å². The van der Waals surface area contributed by atoms with Crippen molar-refractivity contribution < 1.29 is 33.3 Å². The monoisotopic (exact) mass is 515 g/mol. The van der Waals surface area contributed by atoms with Gasteiger partial charge in [-0.1, -0.05) is 18.2 Å². The van der Waals surface area contributed by atoms with Gasteiger partial charge in [0.05, 0.1) is 13.0 Å². The van der Waals surface area contributed by atoms with E-state index in [1.807, 2.05) is 30.3 Å². The summed E-state index contributed by atoms with van der Waals surface area (Å²) in [5, 5.41) is 5.40. The molecule has 1 saturated heterocycles. The molecule has 1 atom stereocenters. The Labute approximate surface area is 214 Å². The smallest absolute Gasteiger partial charge is 0.308 e. The SMILES string of the molecule is COCCOC(=O)CC1C(=O)NCCN1C(=S)NC(=O)c1ccc(OCCOc2ccccc2)cc1. The van der Waals surface area contributed by atoms with Gasteiger partial charge in [0.25, 0.3) is 5.91 Å². The number of nitrogens with one attached hydrogen (secondary N) is 2. The van der Waals surface area contributed by atoms with Gasteiger partial charge >= 0.3 is 5.97 Å². The first-order valence-corrected chi connectivity index (χ1v) is 11.8. The number of hydrogen-bond donors (Lipinski definition) is 2. The highest BCUT2D eigenvalue weighted by Crippen LogP contribution is 2.14. The molecule has 3 rings (SSSR count). The maximum atomic E-state index is 12.7. The van der Waals surface area contributed by atoms with Crippen LogP contribution in [0, 0.1) is 0 Å². The van der Waals surface area contributed by atoms with Crippen molar-refractivity contribution in [3.05, 3.63) is 60.2 Å². The minimum absolute atomic E-state index is 0.0583. The normalized spacial score (nSPS) is 15.0. The van der Waals surface area contributed by atoms with Crippen LogP contribution in [0.4, 0.5) is 0 Å². The van der Waals surface area contributed by atoms with E-state index in [4.69, 9.17) is 31.2 Å². The molecular formula is C25H29N3O7S. The van der Waals surface area contributed by atoms with Crippen molar-refractivity contribution in [3.63, 3.8) is 0 Å². The number of benzene rings is 2. The third-order valence-electron chi connectivity index (χ3n) is 5.20. The van der Waals surface area contributed by atoms with Crippen molar-refractivity contribution in [2.75, 3.05) is 46.6 Å². The number of esters is 1. The Morgan fingerprint density at radius 1 is 1.00 bits per heavy atom. The van der Waals surface area contributed by atoms with Crippen LogP contribution >= 0.6 is 12.2 Å². The van der Waals surface area contributed by atoms with Gasteiger partial charge in [0.1, 0.15) is 37.4 Å². The Bertz CT molecular complexity index is 1030. The van der Waals surface area contributed by atoms with Crippen LogP contribution in [0.1, 0.15) is 16.8 Å². The first-order valence-electron chi connectivity index (χ1n) is 11.4. The summed E-state index contributed by atoms with van der Waals surface area (Å²) in [6.45, 7) is 1.75. The molecule has 1 fully saturated rings. The number of methoxy groups -OCH3 is 1. The molecule has 0 radical (unpaired) electrons. The molecule has 0 bridgehead atoms. The van der Waals surface area contributed by atoms with E-state index < -0.39 is 17.9 Å². The second-order valence-corrected chi connectivity index (χ2v) is 8.10. The second kappa shape index (κ2) is 14.0. The van der Waals surface area contributed by atoms with Gasteiger partial charge in [-0.05, 0) is 48.6 Å². The number of piperazine rings is 1. The van der Waals surface area contributed by atoms with Crippen LogP contribution in [-0.4, -0.2) is 80.5 Å². The van der Waals surface area contributed by atoms with Crippen LogP contribution in [-0.2, 0) is 19.1 Å². The second-order valence-electron chi connectivity index (χ2n) is 7.71. The summed E-state index contributed by atoms with van der Waals surface area (Å²) in [4.78, 5) is 38.7. The molecule has 192 valence electrons. The summed E-state index contributed by atoms with van der Waals surface area (Å²) in [6, 6.07) is 15.1. The highest BCUT2D eigenvalue weighted by molar-refractivity contribution is 7.80. The van der Waals surface area contributed by atoms with Crippen molar-refractivity contribution in [2.45, 2.75) is 12.5 Å². The third kappa shape index (κ3) is 8.21. The molecule has 0 aromatic heterocycles. The molecule has 0 aliphatic carbocycles. The van der Waals surface area contributed by atoms with E-state index in [9.17, 15) is 14.4 Å². The Hall–Kier alpha value is -3.70. The fraction of sp³-hybridized carbons (Fsp3) is 0.360. The minimum atomic E-state index is -0.879. The molecule has 1 heterocycles. The maximum Gasteiger partial charge on any atom is 0.308 e. The number of carbonyl (C=O) groups excluding carboxylic acids is 3. The fourth-order valence-corrected chi connectivity index (χ4v) is 3.71. The summed E-state index contributed by atoms with van der Waals surface area (Å²) >= 11 is 5.38. The zero-order chi connectivity index (χ0) is 25.8. The molecule has 2 N–H and O–H groups in total. The first-order chi connectivity index (χ1) is 17.5. The van der Waals surface area contributed by atoms with E-state index in [2.05, 4.69) is 10.6 Å². The lowest BCUT2D eigenvalue weighted by atomic mass is 10.1. The Balaban J connectivity index is 1.48. The number of rotatable bonds is 11. The number of amides is 2. The number of thiocarbonyl (C=S) groups is 1. The molecule has 1 aliphatic rings. The average molecular weight is 516 g/mol. The van der Waals surface area contributed by atoms with Crippen LogP contribution in [0.25, 0.3) is 0 Å². The Kier molecular flexibility index (Phi) is 10.5. The van der Waals surface area contributed by atoms with Gasteiger partial charge in [-0.3, -0.25) is 19.7 Å². The standard InChI is InChI=1S/C25H29N3O7S/c1-32-13-14-35-22(29)17-21-24(31)26-11-12-28(21)25(36)27-23(30)18-7-9-20(10-8-18)34-16-15-33-19-5-3-2-4-6-19/h2-10,21H,11-17H2,1H3,(H,26,31)(H,27,30,36). The summed E-state index contributed by atoms with van der Waals surface area (Å²) in [5.41, 5.74) is 0.363. The highest BCUT2D eigenvalue weighted by Gasteiger charge is 2.34. The quantitative estimate of drug-likeness (QED) is 0.261. The predicted molar refractivity (Wildman–Crippen MR) is 135 cm³/mol. The predicted octanol–water partition coefficient (Wildman–Crippen LogP) is 1.54. The largest absolute Gasteiger partial charge is 0.490 e. The Morgan fingerprint density at radius 2 is 1.67 bits per heavy atom. The summed E-state index contributed by atoms with van der Waals surface area (Å²) < 4.78 is 21.1. The number of hydrogen-bond acceptors (Lipinski definition) is 8. The van der Waals surface area contributed by atoms with Gasteiger partial charge in [0.15, 0.2) is 5.11 Å². The molecule has 1 unspecified atom stereocenters. The van der Waals surface area contributed by atoms with E-state index >= 15 is 0 Å². The van der Waals surface area contributed by atoms with Crippen molar-refractivity contribution in [2.24, 2.45) is 0 Å². The molecule has 1 aliphatic heterocycles. The topological polar surface area (TPSA) is 115 Å². The summed E-state index contributed by atoms with van der Waals surface area (Å²) in [5.74, 6) is -0.00493. The van der Waals surface area contributed by atoms with Crippen LogP contribution in [0.3, 0.4) is 0 Å². The third-order valence-corrected chi connectivity index (χ3v) is 5.54. The average Bonchev–Trinajstić information content (AvgIpc) is 2.89. The molecule has 36 heavy (non-hydrogen) atoms. The van der Waals surface area contributed by atoms with E-state index in [1.165, 1.54) is 12.0 Å². The molecule has 2 amide bonds. The highest BCUT2D eigenvalue weighted by atomic mass is 32.1. The van der Waals surface area contributed by atoms with Crippen molar-refractivity contribution >= 4 is 35.1 Å². The van der Waals surface area contributed by atoms with Gasteiger partial charge in [0.2, 0.25) is 5.91 Å². The minimum Gasteiger partial charge on any atom is -0.490 e. The van der Waals surface area contributed by atoms with E-state index in [0.717, 1.165) is 5.75 Å². The van der Waals surface area contributed by atoms with E-state index in [1.54, 1.807) is 24.3 Å². The lowest BCUT2D eigenvalue weighted by Gasteiger charge is -2.36. The van der Waals surface area contributed by atoms with Gasteiger partial charge < -0.3 is 29.2 Å². The van der Waals surface area contributed by atoms with Gasteiger partial charge in [-0.2, -0.15) is 0 Å². The lowest BCUT2D eigenvalue weighted by Crippen LogP contribution is -2.60. The molecule has 10 nitrogen and oxygen atoms in total. The maximum absolute atomic E-state index is 12.7. The lowest BCUT2D eigenvalue weighted by molar-refractivity contribution is -0.148. The Morgan fingerprint density at radius 3 is 2.33 bits per heavy atom. The van der Waals surface area contributed by atoms with Crippen molar-refractivity contribution in [1.82, 2.24) is 15.5 Å². The first kappa shape index (κ1) is 26.9. The molecule has 0 spiro atoms. The fourth-order valence-electron chi connectivity index (χ4n) is 3.40. The molecule has 11 heteroatoms. The number of nitrogens with zero attached hydrogens (tertiary/aromatic N) is 1. The van der Waals surface area contributed by atoms with Crippen LogP contribution < -0.4 is 20.1 Å².